The van der Waals surface area contributed by atoms with Crippen LogP contribution in [0.5, 0.6) is 0 Å². The highest BCUT2D eigenvalue weighted by atomic mass is 35.5. The molecule has 1 aliphatic heterocycles. The van der Waals surface area contributed by atoms with Gasteiger partial charge in [-0.2, -0.15) is 4.98 Å². The molecular weight excluding hydrogens is 484 g/mol. The molecule has 1 aromatic heterocycles. The van der Waals surface area contributed by atoms with E-state index >= 15 is 0 Å². The van der Waals surface area contributed by atoms with Crippen molar-refractivity contribution in [2.45, 2.75) is 26.7 Å². The van der Waals surface area contributed by atoms with Gasteiger partial charge in [-0.05, 0) is 53.8 Å². The van der Waals surface area contributed by atoms with Gasteiger partial charge in [0.1, 0.15) is 5.82 Å². The Morgan fingerprint density at radius 3 is 2.57 bits per heavy atom. The van der Waals surface area contributed by atoms with Crippen molar-refractivity contribution in [3.63, 3.8) is 0 Å². The summed E-state index contributed by atoms with van der Waals surface area (Å²) in [5, 5.41) is 12.7. The molecule has 4 aromatic rings. The van der Waals surface area contributed by atoms with Crippen molar-refractivity contribution in [2.24, 2.45) is 0 Å². The third kappa shape index (κ3) is 4.38. The van der Waals surface area contributed by atoms with Gasteiger partial charge < -0.3 is 21.4 Å². The Hall–Kier alpha value is -3.68. The van der Waals surface area contributed by atoms with Crippen molar-refractivity contribution in [1.29, 1.82) is 5.41 Å². The molecule has 4 N–H and O–H groups in total. The molecule has 0 atom stereocenters. The highest BCUT2D eigenvalue weighted by Gasteiger charge is 2.23. The number of hydrogen-bond acceptors (Lipinski definition) is 6. The van der Waals surface area contributed by atoms with Gasteiger partial charge in [0.05, 0.1) is 11.2 Å². The standard InChI is InChI=1S/C29H31ClN6O/c1-17(2)19-6-4-5-7-25(19)36-26-15-20(27-18(3)8-9-24(32)22(27)16-31)23(30)14-21(26)28(34-29(36)37)35-12-10-33-11-13-35/h4-9,14-17,31,33H,10-13,32H2,1-3H3. The molecule has 1 saturated heterocycles. The Kier molecular flexibility index (Phi) is 6.75. The predicted molar refractivity (Wildman–Crippen MR) is 154 cm³/mol. The topological polar surface area (TPSA) is 100 Å². The molecule has 1 aliphatic rings. The van der Waals surface area contributed by atoms with E-state index in [1.807, 2.05) is 43.3 Å². The predicted octanol–water partition coefficient (Wildman–Crippen LogP) is 5.13. The smallest absolute Gasteiger partial charge is 0.354 e. The lowest BCUT2D eigenvalue weighted by atomic mass is 9.93. The van der Waals surface area contributed by atoms with Gasteiger partial charge in [0, 0.05) is 59.6 Å². The summed E-state index contributed by atoms with van der Waals surface area (Å²) in [7, 11) is 0. The first kappa shape index (κ1) is 25.0. The Balaban J connectivity index is 1.90. The largest absolute Gasteiger partial charge is 0.398 e. The Morgan fingerprint density at radius 1 is 1.14 bits per heavy atom. The molecular formula is C29H31ClN6O. The first-order valence-corrected chi connectivity index (χ1v) is 12.9. The number of nitrogens with one attached hydrogen (secondary N) is 2. The molecule has 3 aromatic carbocycles. The minimum Gasteiger partial charge on any atom is -0.398 e. The van der Waals surface area contributed by atoms with E-state index < -0.39 is 0 Å². The SMILES string of the molecule is Cc1ccc(N)c(C=N)c1-c1cc2c(cc1Cl)c(N1CCNCC1)nc(=O)n2-c1ccccc1C(C)C. The van der Waals surface area contributed by atoms with Crippen LogP contribution in [0, 0.1) is 12.3 Å². The fourth-order valence-corrected chi connectivity index (χ4v) is 5.47. The van der Waals surface area contributed by atoms with Crippen LogP contribution < -0.4 is 21.6 Å². The second kappa shape index (κ2) is 10.00. The first-order chi connectivity index (χ1) is 17.8. The Morgan fingerprint density at radius 2 is 1.86 bits per heavy atom. The molecule has 5 rings (SSSR count). The second-order valence-corrected chi connectivity index (χ2v) is 10.2. The molecule has 8 heteroatoms. The lowest BCUT2D eigenvalue weighted by Crippen LogP contribution is -2.44. The van der Waals surface area contributed by atoms with E-state index in [0.717, 1.165) is 65.0 Å². The maximum absolute atomic E-state index is 13.8. The number of nitrogens with zero attached hydrogens (tertiary/aromatic N) is 3. The molecule has 0 saturated carbocycles. The van der Waals surface area contributed by atoms with Crippen LogP contribution in [-0.2, 0) is 0 Å². The van der Waals surface area contributed by atoms with Crippen LogP contribution in [0.2, 0.25) is 5.02 Å². The monoisotopic (exact) mass is 514 g/mol. The summed E-state index contributed by atoms with van der Waals surface area (Å²) in [6, 6.07) is 15.5. The van der Waals surface area contributed by atoms with Crippen LogP contribution in [-0.4, -0.2) is 41.9 Å². The number of benzene rings is 3. The summed E-state index contributed by atoms with van der Waals surface area (Å²) in [4.78, 5) is 20.5. The van der Waals surface area contributed by atoms with E-state index in [0.29, 0.717) is 22.1 Å². The number of halogens is 1. The van der Waals surface area contributed by atoms with Crippen molar-refractivity contribution in [3.8, 4) is 16.8 Å². The number of rotatable bonds is 5. The molecule has 0 spiro atoms. The zero-order chi connectivity index (χ0) is 26.3. The van der Waals surface area contributed by atoms with Crippen molar-refractivity contribution in [2.75, 3.05) is 36.8 Å². The van der Waals surface area contributed by atoms with Gasteiger partial charge in [-0.3, -0.25) is 4.57 Å². The molecule has 0 amide bonds. The molecule has 0 aliphatic carbocycles. The van der Waals surface area contributed by atoms with E-state index in [1.165, 1.54) is 6.21 Å². The molecule has 37 heavy (non-hydrogen) atoms. The number of aryl methyl sites for hydroxylation is 1. The quantitative estimate of drug-likeness (QED) is 0.253. The molecule has 7 nitrogen and oxygen atoms in total. The number of piperazine rings is 1. The van der Waals surface area contributed by atoms with Gasteiger partial charge in [-0.25, -0.2) is 4.79 Å². The normalized spacial score (nSPS) is 13.9. The van der Waals surface area contributed by atoms with Gasteiger partial charge in [0.25, 0.3) is 0 Å². The number of para-hydroxylation sites is 1. The minimum atomic E-state index is -0.334. The second-order valence-electron chi connectivity index (χ2n) is 9.76. The van der Waals surface area contributed by atoms with Gasteiger partial charge >= 0.3 is 5.69 Å². The molecule has 190 valence electrons. The Bertz CT molecular complexity index is 1570. The van der Waals surface area contributed by atoms with Crippen LogP contribution in [0.4, 0.5) is 11.5 Å². The van der Waals surface area contributed by atoms with Crippen molar-refractivity contribution in [3.05, 3.63) is 80.7 Å². The van der Waals surface area contributed by atoms with Crippen LogP contribution in [0.25, 0.3) is 27.7 Å². The number of nitrogen functional groups attached to an aromatic ring is 1. The van der Waals surface area contributed by atoms with E-state index in [1.54, 1.807) is 10.6 Å². The molecule has 2 heterocycles. The Labute approximate surface area is 221 Å². The maximum Gasteiger partial charge on any atom is 0.354 e. The summed E-state index contributed by atoms with van der Waals surface area (Å²) >= 11 is 6.96. The van der Waals surface area contributed by atoms with Gasteiger partial charge in [-0.1, -0.05) is 49.7 Å². The highest BCUT2D eigenvalue weighted by Crippen LogP contribution is 2.39. The van der Waals surface area contributed by atoms with E-state index in [4.69, 9.17) is 22.7 Å². The van der Waals surface area contributed by atoms with Crippen LogP contribution in [0.1, 0.15) is 36.5 Å². The minimum absolute atomic E-state index is 0.207. The average molecular weight is 515 g/mol. The average Bonchev–Trinajstić information content (AvgIpc) is 2.90. The highest BCUT2D eigenvalue weighted by molar-refractivity contribution is 6.34. The third-order valence-electron chi connectivity index (χ3n) is 7.08. The van der Waals surface area contributed by atoms with Crippen molar-refractivity contribution >= 4 is 40.2 Å². The number of anilines is 2. The summed E-state index contributed by atoms with van der Waals surface area (Å²) in [6.07, 6.45) is 1.26. The number of aromatic nitrogens is 2. The number of nitrogens with two attached hydrogens (primary N) is 1. The maximum atomic E-state index is 13.8. The number of fused-ring (bicyclic) bond motifs is 1. The van der Waals surface area contributed by atoms with E-state index in [2.05, 4.69) is 35.1 Å². The summed E-state index contributed by atoms with van der Waals surface area (Å²) < 4.78 is 1.70. The lowest BCUT2D eigenvalue weighted by Gasteiger charge is -2.30. The van der Waals surface area contributed by atoms with Crippen molar-refractivity contribution in [1.82, 2.24) is 14.9 Å². The molecule has 1 fully saturated rings. The van der Waals surface area contributed by atoms with Crippen LogP contribution in [0.15, 0.2) is 53.3 Å². The molecule has 0 radical (unpaired) electrons. The van der Waals surface area contributed by atoms with E-state index in [-0.39, 0.29) is 11.6 Å². The van der Waals surface area contributed by atoms with Gasteiger partial charge in [0.15, 0.2) is 0 Å². The molecule has 0 unspecified atom stereocenters. The summed E-state index contributed by atoms with van der Waals surface area (Å²) in [6.45, 7) is 9.34. The lowest BCUT2D eigenvalue weighted by molar-refractivity contribution is 0.585. The number of hydrogen-bond donors (Lipinski definition) is 3. The fourth-order valence-electron chi connectivity index (χ4n) is 5.21. The van der Waals surface area contributed by atoms with E-state index in [9.17, 15) is 4.79 Å². The summed E-state index contributed by atoms with van der Waals surface area (Å²) in [5.74, 6) is 0.850. The van der Waals surface area contributed by atoms with Gasteiger partial charge in [-0.15, -0.1) is 0 Å². The zero-order valence-electron chi connectivity index (χ0n) is 21.3. The fraction of sp³-hybridized carbons (Fsp3) is 0.276. The van der Waals surface area contributed by atoms with Crippen molar-refractivity contribution < 1.29 is 0 Å². The van der Waals surface area contributed by atoms with Crippen LogP contribution >= 0.6 is 11.6 Å². The third-order valence-corrected chi connectivity index (χ3v) is 7.39. The molecule has 0 bridgehead atoms. The summed E-state index contributed by atoms with van der Waals surface area (Å²) in [5.41, 5.74) is 12.1. The zero-order valence-corrected chi connectivity index (χ0v) is 22.1. The first-order valence-electron chi connectivity index (χ1n) is 12.5. The van der Waals surface area contributed by atoms with Gasteiger partial charge in [0.2, 0.25) is 0 Å². The van der Waals surface area contributed by atoms with Crippen LogP contribution in [0.3, 0.4) is 0 Å².